The van der Waals surface area contributed by atoms with Gasteiger partial charge in [-0.05, 0) is 77.0 Å². The van der Waals surface area contributed by atoms with Crippen molar-refractivity contribution in [3.8, 4) is 0 Å². The van der Waals surface area contributed by atoms with Gasteiger partial charge in [-0.25, -0.2) is 4.79 Å². The van der Waals surface area contributed by atoms with E-state index in [4.69, 9.17) is 14.0 Å². The molecule has 0 atom stereocenters. The van der Waals surface area contributed by atoms with Gasteiger partial charge in [0.2, 0.25) is 0 Å². The summed E-state index contributed by atoms with van der Waals surface area (Å²) in [5.41, 5.74) is 3.01. The summed E-state index contributed by atoms with van der Waals surface area (Å²) in [7, 11) is -0.542. The molecule has 1 fully saturated rings. The summed E-state index contributed by atoms with van der Waals surface area (Å²) in [6, 6.07) is 6.25. The molecule has 1 aromatic carbocycles. The Balaban J connectivity index is 1.87. The number of hydrogen-bond donors (Lipinski definition) is 1. The number of carbonyl (C=O) groups excluding carboxylic acids is 1. The first-order valence-electron chi connectivity index (χ1n) is 10.2. The van der Waals surface area contributed by atoms with Crippen LogP contribution in [0.4, 0.5) is 4.79 Å². The minimum atomic E-state index is -0.551. The van der Waals surface area contributed by atoms with E-state index in [0.29, 0.717) is 0 Å². The summed E-state index contributed by atoms with van der Waals surface area (Å²) < 4.78 is 17.9. The number of fused-ring (bicyclic) bond motifs is 1. The van der Waals surface area contributed by atoms with Crippen LogP contribution in [0.25, 0.3) is 12.2 Å². The summed E-state index contributed by atoms with van der Waals surface area (Å²) in [5, 5.41) is 2.85. The standard InChI is InChI=1S/C23H32BNO4/c1-21(2,3)27-20(26)25-15-18(24-28-22(4,5)23(6,7)29-24)14-17-12-8-10-16-11-9-13-19(16)17/h8-12,14H,13,15H2,1-7H3,(H,25,26). The molecule has 156 valence electrons. The van der Waals surface area contributed by atoms with E-state index in [9.17, 15) is 4.79 Å². The van der Waals surface area contributed by atoms with Crippen LogP contribution in [-0.4, -0.2) is 36.6 Å². The molecule has 1 aliphatic carbocycles. The highest BCUT2D eigenvalue weighted by Gasteiger charge is 2.52. The monoisotopic (exact) mass is 397 g/mol. The first-order valence-corrected chi connectivity index (χ1v) is 10.2. The number of allylic oxidation sites excluding steroid dienone is 1. The fraction of sp³-hybridized carbons (Fsp3) is 0.522. The number of amides is 1. The molecule has 5 nitrogen and oxygen atoms in total. The second-order valence-electron chi connectivity index (χ2n) is 9.68. The van der Waals surface area contributed by atoms with E-state index in [0.717, 1.165) is 17.5 Å². The summed E-state index contributed by atoms with van der Waals surface area (Å²) in [5.74, 6) is 0. The lowest BCUT2D eigenvalue weighted by molar-refractivity contribution is 0.00578. The van der Waals surface area contributed by atoms with Crippen molar-refractivity contribution in [2.45, 2.75) is 71.7 Å². The molecule has 0 radical (unpaired) electrons. The van der Waals surface area contributed by atoms with Gasteiger partial charge in [-0.15, -0.1) is 0 Å². The highest BCUT2D eigenvalue weighted by molar-refractivity contribution is 6.56. The Morgan fingerprint density at radius 3 is 2.48 bits per heavy atom. The molecule has 1 aliphatic heterocycles. The Labute approximate surface area is 174 Å². The van der Waals surface area contributed by atoms with Gasteiger partial charge in [-0.3, -0.25) is 0 Å². The van der Waals surface area contributed by atoms with Crippen LogP contribution in [0, 0.1) is 0 Å². The molecule has 0 saturated carbocycles. The third kappa shape index (κ3) is 4.93. The molecule has 0 spiro atoms. The van der Waals surface area contributed by atoms with Crippen LogP contribution in [0.15, 0.2) is 29.7 Å². The smallest absolute Gasteiger partial charge is 0.444 e. The molecule has 1 saturated heterocycles. The van der Waals surface area contributed by atoms with Gasteiger partial charge < -0.3 is 19.4 Å². The summed E-state index contributed by atoms with van der Waals surface area (Å²) in [6.07, 6.45) is 6.82. The van der Waals surface area contributed by atoms with Crippen molar-refractivity contribution in [1.82, 2.24) is 5.32 Å². The molecule has 1 N–H and O–H groups in total. The molecular weight excluding hydrogens is 365 g/mol. The number of nitrogens with one attached hydrogen (secondary N) is 1. The Bertz CT molecular complexity index is 833. The van der Waals surface area contributed by atoms with Gasteiger partial charge >= 0.3 is 13.2 Å². The molecule has 29 heavy (non-hydrogen) atoms. The Morgan fingerprint density at radius 2 is 1.86 bits per heavy atom. The number of carbonyl (C=O) groups is 1. The summed E-state index contributed by atoms with van der Waals surface area (Å²) in [4.78, 5) is 12.2. The van der Waals surface area contributed by atoms with Crippen LogP contribution >= 0.6 is 0 Å². The van der Waals surface area contributed by atoms with Crippen LogP contribution in [0.3, 0.4) is 0 Å². The van der Waals surface area contributed by atoms with E-state index in [2.05, 4.69) is 35.7 Å². The molecule has 0 unspecified atom stereocenters. The maximum absolute atomic E-state index is 12.2. The van der Waals surface area contributed by atoms with Crippen LogP contribution in [0.2, 0.25) is 0 Å². The molecule has 3 rings (SSSR count). The van der Waals surface area contributed by atoms with Gasteiger partial charge in [0.25, 0.3) is 0 Å². The van der Waals surface area contributed by atoms with Gasteiger partial charge in [0.15, 0.2) is 0 Å². The average Bonchev–Trinajstić information content (AvgIpc) is 3.12. The fourth-order valence-corrected chi connectivity index (χ4v) is 3.34. The van der Waals surface area contributed by atoms with Crippen molar-refractivity contribution in [2.75, 3.05) is 6.54 Å². The zero-order valence-electron chi connectivity index (χ0n) is 18.6. The highest BCUT2D eigenvalue weighted by Crippen LogP contribution is 2.39. The van der Waals surface area contributed by atoms with E-state index in [1.54, 1.807) is 0 Å². The van der Waals surface area contributed by atoms with Crippen molar-refractivity contribution >= 4 is 25.4 Å². The Morgan fingerprint density at radius 1 is 1.21 bits per heavy atom. The number of rotatable bonds is 4. The maximum Gasteiger partial charge on any atom is 0.492 e. The quantitative estimate of drug-likeness (QED) is 0.742. The second-order valence-corrected chi connectivity index (χ2v) is 9.68. The van der Waals surface area contributed by atoms with Gasteiger partial charge in [-0.1, -0.05) is 36.4 Å². The fourth-order valence-electron chi connectivity index (χ4n) is 3.34. The highest BCUT2D eigenvalue weighted by atomic mass is 16.7. The van der Waals surface area contributed by atoms with Crippen molar-refractivity contribution < 1.29 is 18.8 Å². The van der Waals surface area contributed by atoms with Crippen molar-refractivity contribution in [3.05, 3.63) is 46.4 Å². The SMILES string of the molecule is CC(C)(C)OC(=O)NCC(=Cc1cccc2c1CC=C2)B1OC(C)(C)C(C)(C)O1. The molecule has 0 aromatic heterocycles. The molecule has 6 heteroatoms. The Kier molecular flexibility index (Phi) is 5.72. The van der Waals surface area contributed by atoms with E-state index >= 15 is 0 Å². The molecule has 1 amide bonds. The molecule has 1 heterocycles. The predicted octanol–water partition coefficient (Wildman–Crippen LogP) is 4.80. The van der Waals surface area contributed by atoms with Crippen molar-refractivity contribution in [1.29, 1.82) is 0 Å². The van der Waals surface area contributed by atoms with Crippen molar-refractivity contribution in [2.24, 2.45) is 0 Å². The topological polar surface area (TPSA) is 56.8 Å². The minimum Gasteiger partial charge on any atom is -0.444 e. The second kappa shape index (κ2) is 7.65. The van der Waals surface area contributed by atoms with Crippen molar-refractivity contribution in [3.63, 3.8) is 0 Å². The lowest BCUT2D eigenvalue weighted by Gasteiger charge is -2.32. The van der Waals surface area contributed by atoms with Crippen LogP contribution in [0.5, 0.6) is 0 Å². The largest absolute Gasteiger partial charge is 0.492 e. The van der Waals surface area contributed by atoms with Crippen LogP contribution < -0.4 is 5.32 Å². The van der Waals surface area contributed by atoms with E-state index in [1.165, 1.54) is 11.1 Å². The molecule has 1 aromatic rings. The van der Waals surface area contributed by atoms with E-state index in [1.807, 2.05) is 54.5 Å². The molecular formula is C23H32BNO4. The summed E-state index contributed by atoms with van der Waals surface area (Å²) >= 11 is 0. The first-order chi connectivity index (χ1) is 13.4. The van der Waals surface area contributed by atoms with Crippen LogP contribution in [-0.2, 0) is 20.5 Å². The normalized spacial score (nSPS) is 20.0. The van der Waals surface area contributed by atoms with Gasteiger partial charge in [0.05, 0.1) is 11.2 Å². The maximum atomic E-state index is 12.2. The Hall–Kier alpha value is -2.05. The predicted molar refractivity (Wildman–Crippen MR) is 117 cm³/mol. The third-order valence-corrected chi connectivity index (χ3v) is 5.60. The third-order valence-electron chi connectivity index (χ3n) is 5.60. The number of hydrogen-bond acceptors (Lipinski definition) is 4. The lowest BCUT2D eigenvalue weighted by Crippen LogP contribution is -2.41. The number of ether oxygens (including phenoxy) is 1. The number of benzene rings is 1. The zero-order valence-corrected chi connectivity index (χ0v) is 18.6. The van der Waals surface area contributed by atoms with Crippen LogP contribution in [0.1, 0.15) is 65.2 Å². The molecule has 2 aliphatic rings. The minimum absolute atomic E-state index is 0.281. The average molecular weight is 397 g/mol. The van der Waals surface area contributed by atoms with Gasteiger partial charge in [0.1, 0.15) is 5.60 Å². The molecule has 0 bridgehead atoms. The van der Waals surface area contributed by atoms with Gasteiger partial charge in [-0.2, -0.15) is 0 Å². The lowest BCUT2D eigenvalue weighted by atomic mass is 9.76. The zero-order chi connectivity index (χ0) is 21.4. The van der Waals surface area contributed by atoms with E-state index in [-0.39, 0.29) is 6.54 Å². The van der Waals surface area contributed by atoms with E-state index < -0.39 is 30.0 Å². The number of alkyl carbamates (subject to hydrolysis) is 1. The first kappa shape index (κ1) is 21.7. The van der Waals surface area contributed by atoms with Gasteiger partial charge in [0, 0.05) is 6.54 Å². The summed E-state index contributed by atoms with van der Waals surface area (Å²) in [6.45, 7) is 13.9.